The lowest BCUT2D eigenvalue weighted by molar-refractivity contribution is 0.0721. The SMILES string of the molecule is CO[C@H]1CCN(C(=O)c2nc(N[C@@H](C)c3cccnc3)nc3cc(C)sc23)C1. The van der Waals surface area contributed by atoms with Crippen LogP contribution in [0.25, 0.3) is 10.2 Å². The minimum atomic E-state index is -0.0640. The van der Waals surface area contributed by atoms with Gasteiger partial charge in [0.25, 0.3) is 5.91 Å². The van der Waals surface area contributed by atoms with Gasteiger partial charge in [0.15, 0.2) is 5.69 Å². The Bertz CT molecular complexity index is 991. The molecule has 1 aliphatic rings. The van der Waals surface area contributed by atoms with E-state index < -0.39 is 0 Å². The first-order valence-corrected chi connectivity index (χ1v) is 10.1. The van der Waals surface area contributed by atoms with Crippen molar-refractivity contribution in [2.24, 2.45) is 0 Å². The highest BCUT2D eigenvalue weighted by molar-refractivity contribution is 7.19. The number of ether oxygens (including phenoxy) is 1. The predicted octanol–water partition coefficient (Wildman–Crippen LogP) is 3.43. The average molecular weight is 398 g/mol. The summed E-state index contributed by atoms with van der Waals surface area (Å²) >= 11 is 1.55. The van der Waals surface area contributed by atoms with Gasteiger partial charge in [-0.1, -0.05) is 6.07 Å². The second-order valence-electron chi connectivity index (χ2n) is 7.02. The standard InChI is InChI=1S/C20H23N5O2S/c1-12-9-16-18(28-12)17(19(26)25-8-6-15(11-25)27-3)24-20(23-16)22-13(2)14-5-4-7-21-10-14/h4-5,7,9-10,13,15H,6,8,11H2,1-3H3,(H,22,23,24)/t13-,15-/m0/s1. The largest absolute Gasteiger partial charge is 0.380 e. The molecule has 8 heteroatoms. The van der Waals surface area contributed by atoms with Gasteiger partial charge in [0, 0.05) is 37.5 Å². The fourth-order valence-electron chi connectivity index (χ4n) is 3.42. The number of pyridine rings is 1. The zero-order valence-electron chi connectivity index (χ0n) is 16.2. The Labute approximate surface area is 167 Å². The van der Waals surface area contributed by atoms with Crippen molar-refractivity contribution in [3.63, 3.8) is 0 Å². The summed E-state index contributed by atoms with van der Waals surface area (Å²) in [5.74, 6) is 0.387. The van der Waals surface area contributed by atoms with Crippen LogP contribution in [0.1, 0.15) is 40.3 Å². The molecule has 28 heavy (non-hydrogen) atoms. The quantitative estimate of drug-likeness (QED) is 0.710. The van der Waals surface area contributed by atoms with Crippen LogP contribution in [0, 0.1) is 6.92 Å². The molecule has 4 heterocycles. The molecular weight excluding hydrogens is 374 g/mol. The molecule has 3 aromatic rings. The van der Waals surface area contributed by atoms with Crippen LogP contribution in [0.4, 0.5) is 5.95 Å². The van der Waals surface area contributed by atoms with Crippen LogP contribution in [0.3, 0.4) is 0 Å². The Morgan fingerprint density at radius 1 is 1.43 bits per heavy atom. The van der Waals surface area contributed by atoms with Crippen LogP contribution in [0.2, 0.25) is 0 Å². The summed E-state index contributed by atoms with van der Waals surface area (Å²) in [6, 6.07) is 5.87. The highest BCUT2D eigenvalue weighted by Crippen LogP contribution is 2.29. The Morgan fingerprint density at radius 2 is 2.29 bits per heavy atom. The van der Waals surface area contributed by atoms with Crippen molar-refractivity contribution in [3.8, 4) is 0 Å². The molecule has 4 rings (SSSR count). The van der Waals surface area contributed by atoms with Gasteiger partial charge in [-0.2, -0.15) is 0 Å². The number of amides is 1. The highest BCUT2D eigenvalue weighted by Gasteiger charge is 2.29. The fourth-order valence-corrected chi connectivity index (χ4v) is 4.35. The third kappa shape index (κ3) is 3.70. The van der Waals surface area contributed by atoms with Crippen LogP contribution in [-0.2, 0) is 4.74 Å². The van der Waals surface area contributed by atoms with Gasteiger partial charge in [-0.15, -0.1) is 11.3 Å². The first kappa shape index (κ1) is 18.8. The molecule has 0 aromatic carbocycles. The molecule has 0 saturated carbocycles. The van der Waals surface area contributed by atoms with Crippen LogP contribution in [0.5, 0.6) is 0 Å². The zero-order valence-corrected chi connectivity index (χ0v) is 17.0. The molecule has 1 saturated heterocycles. The van der Waals surface area contributed by atoms with E-state index in [-0.39, 0.29) is 18.1 Å². The molecule has 146 valence electrons. The molecule has 7 nitrogen and oxygen atoms in total. The van der Waals surface area contributed by atoms with Crippen molar-refractivity contribution in [3.05, 3.63) is 46.7 Å². The summed E-state index contributed by atoms with van der Waals surface area (Å²) < 4.78 is 6.24. The average Bonchev–Trinajstić information content (AvgIpc) is 3.33. The Balaban J connectivity index is 1.66. The summed E-state index contributed by atoms with van der Waals surface area (Å²) in [7, 11) is 1.69. The van der Waals surface area contributed by atoms with E-state index in [0.29, 0.717) is 24.7 Å². The van der Waals surface area contributed by atoms with E-state index in [1.165, 1.54) is 0 Å². The second kappa shape index (κ2) is 7.81. The van der Waals surface area contributed by atoms with Crippen LogP contribution < -0.4 is 5.32 Å². The lowest BCUT2D eigenvalue weighted by atomic mass is 10.1. The van der Waals surface area contributed by atoms with E-state index in [1.54, 1.807) is 24.6 Å². The molecule has 0 unspecified atom stereocenters. The highest BCUT2D eigenvalue weighted by atomic mass is 32.1. The number of nitrogens with one attached hydrogen (secondary N) is 1. The maximum absolute atomic E-state index is 13.2. The van der Waals surface area contributed by atoms with Gasteiger partial charge in [-0.05, 0) is 38.0 Å². The first-order chi connectivity index (χ1) is 13.5. The third-order valence-electron chi connectivity index (χ3n) is 4.99. The summed E-state index contributed by atoms with van der Waals surface area (Å²) in [5, 5.41) is 3.31. The van der Waals surface area contributed by atoms with Gasteiger partial charge in [-0.3, -0.25) is 9.78 Å². The van der Waals surface area contributed by atoms with E-state index in [0.717, 1.165) is 27.1 Å². The normalized spacial score (nSPS) is 17.8. The maximum atomic E-state index is 13.2. The molecule has 1 amide bonds. The van der Waals surface area contributed by atoms with E-state index in [1.807, 2.05) is 43.1 Å². The van der Waals surface area contributed by atoms with Crippen molar-refractivity contribution < 1.29 is 9.53 Å². The number of rotatable bonds is 5. The first-order valence-electron chi connectivity index (χ1n) is 9.32. The third-order valence-corrected chi connectivity index (χ3v) is 6.04. The molecule has 3 aromatic heterocycles. The Hall–Kier alpha value is -2.58. The number of aryl methyl sites for hydroxylation is 1. The molecule has 1 N–H and O–H groups in total. The monoisotopic (exact) mass is 397 g/mol. The van der Waals surface area contributed by atoms with Crippen molar-refractivity contribution in [2.45, 2.75) is 32.4 Å². The summed E-state index contributed by atoms with van der Waals surface area (Å²) in [4.78, 5) is 29.5. The molecule has 0 spiro atoms. The lowest BCUT2D eigenvalue weighted by Gasteiger charge is -2.18. The number of aromatic nitrogens is 3. The number of anilines is 1. The smallest absolute Gasteiger partial charge is 0.274 e. The molecular formula is C20H23N5O2S. The van der Waals surface area contributed by atoms with Gasteiger partial charge in [0.05, 0.1) is 22.4 Å². The molecule has 0 radical (unpaired) electrons. The lowest BCUT2D eigenvalue weighted by Crippen LogP contribution is -2.31. The van der Waals surface area contributed by atoms with Crippen molar-refractivity contribution in [2.75, 3.05) is 25.5 Å². The van der Waals surface area contributed by atoms with Gasteiger partial charge in [0.2, 0.25) is 5.95 Å². The fraction of sp³-hybridized carbons (Fsp3) is 0.400. The number of nitrogens with zero attached hydrogens (tertiary/aromatic N) is 4. The van der Waals surface area contributed by atoms with Crippen LogP contribution in [-0.4, -0.2) is 52.1 Å². The number of methoxy groups -OCH3 is 1. The van der Waals surface area contributed by atoms with Crippen molar-refractivity contribution in [1.29, 1.82) is 0 Å². The van der Waals surface area contributed by atoms with Gasteiger partial charge >= 0.3 is 0 Å². The van der Waals surface area contributed by atoms with Crippen LogP contribution >= 0.6 is 11.3 Å². The number of likely N-dealkylation sites (tertiary alicyclic amines) is 1. The number of carbonyl (C=O) groups is 1. The number of fused-ring (bicyclic) bond motifs is 1. The Kier molecular flexibility index (Phi) is 5.23. The molecule has 0 aliphatic carbocycles. The maximum Gasteiger partial charge on any atom is 0.274 e. The summed E-state index contributed by atoms with van der Waals surface area (Å²) in [6.07, 6.45) is 4.50. The summed E-state index contributed by atoms with van der Waals surface area (Å²) in [6.45, 7) is 5.32. The summed E-state index contributed by atoms with van der Waals surface area (Å²) in [5.41, 5.74) is 2.29. The number of hydrogen-bond donors (Lipinski definition) is 1. The van der Waals surface area contributed by atoms with E-state index in [2.05, 4.69) is 20.3 Å². The van der Waals surface area contributed by atoms with Gasteiger partial charge in [-0.25, -0.2) is 9.97 Å². The Morgan fingerprint density at radius 3 is 3.00 bits per heavy atom. The van der Waals surface area contributed by atoms with Crippen LogP contribution in [0.15, 0.2) is 30.6 Å². The molecule has 1 fully saturated rings. The molecule has 1 aliphatic heterocycles. The van der Waals surface area contributed by atoms with Gasteiger partial charge < -0.3 is 15.0 Å². The van der Waals surface area contributed by atoms with Crippen molar-refractivity contribution >= 4 is 33.4 Å². The van der Waals surface area contributed by atoms with E-state index in [9.17, 15) is 4.79 Å². The minimum Gasteiger partial charge on any atom is -0.380 e. The minimum absolute atomic E-state index is 0.0292. The van der Waals surface area contributed by atoms with E-state index in [4.69, 9.17) is 4.74 Å². The van der Waals surface area contributed by atoms with Crippen molar-refractivity contribution in [1.82, 2.24) is 19.9 Å². The zero-order chi connectivity index (χ0) is 19.7. The van der Waals surface area contributed by atoms with E-state index >= 15 is 0 Å². The number of carbonyl (C=O) groups excluding carboxylic acids is 1. The number of hydrogen-bond acceptors (Lipinski definition) is 7. The van der Waals surface area contributed by atoms with Gasteiger partial charge in [0.1, 0.15) is 0 Å². The topological polar surface area (TPSA) is 80.2 Å². The molecule has 2 atom stereocenters. The molecule has 0 bridgehead atoms. The predicted molar refractivity (Wildman–Crippen MR) is 110 cm³/mol. The number of thiophene rings is 1. The second-order valence-corrected chi connectivity index (χ2v) is 8.27.